The van der Waals surface area contributed by atoms with Crippen LogP contribution in [0.5, 0.6) is 0 Å². The number of hydrogen-bond donors (Lipinski definition) is 2. The minimum absolute atomic E-state index is 0.0989. The van der Waals surface area contributed by atoms with E-state index < -0.39 is 4.92 Å². The third kappa shape index (κ3) is 3.08. The van der Waals surface area contributed by atoms with Crippen molar-refractivity contribution >= 4 is 17.3 Å². The Bertz CT molecular complexity index is 466. The van der Waals surface area contributed by atoms with Gasteiger partial charge in [-0.15, -0.1) is 0 Å². The van der Waals surface area contributed by atoms with E-state index in [1.54, 1.807) is 7.05 Å². The number of nitrogens with one attached hydrogen (secondary N) is 2. The van der Waals surface area contributed by atoms with Crippen molar-refractivity contribution in [3.63, 3.8) is 0 Å². The summed E-state index contributed by atoms with van der Waals surface area (Å²) < 4.78 is 0. The molecule has 1 unspecified atom stereocenters. The van der Waals surface area contributed by atoms with Gasteiger partial charge in [-0.05, 0) is 26.4 Å². The van der Waals surface area contributed by atoms with Crippen molar-refractivity contribution in [2.24, 2.45) is 0 Å². The molecule has 2 heterocycles. The zero-order chi connectivity index (χ0) is 13.8. The molecule has 2 N–H and O–H groups in total. The molecule has 0 radical (unpaired) electrons. The first-order valence-electron chi connectivity index (χ1n) is 6.24. The molecule has 104 valence electrons. The number of rotatable bonds is 4. The summed E-state index contributed by atoms with van der Waals surface area (Å²) in [5.74, 6) is 0.510. The maximum Gasteiger partial charge on any atom is 0.353 e. The van der Waals surface area contributed by atoms with Gasteiger partial charge in [0.25, 0.3) is 0 Å². The number of likely N-dealkylation sites (tertiary alicyclic amines) is 1. The first-order valence-corrected chi connectivity index (χ1v) is 6.24. The SMILES string of the molecule is CNc1ncnc(NC2CCCN(C)C2)c1[N+](=O)[O-]. The highest BCUT2D eigenvalue weighted by Gasteiger charge is 2.25. The van der Waals surface area contributed by atoms with Crippen LogP contribution in [0.25, 0.3) is 0 Å². The molecule has 0 amide bonds. The molecule has 1 fully saturated rings. The fourth-order valence-electron chi connectivity index (χ4n) is 2.32. The Morgan fingerprint density at radius 3 is 2.84 bits per heavy atom. The second-order valence-electron chi connectivity index (χ2n) is 4.67. The largest absolute Gasteiger partial charge is 0.367 e. The predicted octanol–water partition coefficient (Wildman–Crippen LogP) is 0.933. The summed E-state index contributed by atoms with van der Waals surface area (Å²) >= 11 is 0. The van der Waals surface area contributed by atoms with Crippen molar-refractivity contribution in [2.45, 2.75) is 18.9 Å². The first-order chi connectivity index (χ1) is 9.11. The predicted molar refractivity (Wildman–Crippen MR) is 72.4 cm³/mol. The van der Waals surface area contributed by atoms with Crippen LogP contribution < -0.4 is 10.6 Å². The number of hydrogen-bond acceptors (Lipinski definition) is 7. The van der Waals surface area contributed by atoms with Crippen LogP contribution in [0.4, 0.5) is 17.3 Å². The van der Waals surface area contributed by atoms with Gasteiger partial charge < -0.3 is 15.5 Å². The zero-order valence-corrected chi connectivity index (χ0v) is 11.1. The number of anilines is 2. The lowest BCUT2D eigenvalue weighted by molar-refractivity contribution is -0.383. The quantitative estimate of drug-likeness (QED) is 0.618. The van der Waals surface area contributed by atoms with Crippen molar-refractivity contribution in [2.75, 3.05) is 37.8 Å². The third-order valence-corrected chi connectivity index (χ3v) is 3.21. The van der Waals surface area contributed by atoms with E-state index in [4.69, 9.17) is 0 Å². The maximum absolute atomic E-state index is 11.1. The summed E-state index contributed by atoms with van der Waals surface area (Å²) in [5, 5.41) is 17.0. The summed E-state index contributed by atoms with van der Waals surface area (Å²) in [6.45, 7) is 1.92. The van der Waals surface area contributed by atoms with E-state index in [1.165, 1.54) is 6.33 Å². The molecule has 0 bridgehead atoms. The Kier molecular flexibility index (Phi) is 4.10. The van der Waals surface area contributed by atoms with Gasteiger partial charge in [-0.25, -0.2) is 9.97 Å². The molecule has 1 saturated heterocycles. The molecule has 8 nitrogen and oxygen atoms in total. The molecule has 0 aromatic carbocycles. The molecule has 8 heteroatoms. The number of nitro groups is 1. The van der Waals surface area contributed by atoms with Crippen molar-refractivity contribution in [1.29, 1.82) is 0 Å². The van der Waals surface area contributed by atoms with Gasteiger partial charge in [-0.2, -0.15) is 0 Å². The van der Waals surface area contributed by atoms with Gasteiger partial charge in [0.15, 0.2) is 0 Å². The molecule has 0 saturated carbocycles. The monoisotopic (exact) mass is 266 g/mol. The topological polar surface area (TPSA) is 96.2 Å². The van der Waals surface area contributed by atoms with Crippen LogP contribution >= 0.6 is 0 Å². The van der Waals surface area contributed by atoms with E-state index >= 15 is 0 Å². The van der Waals surface area contributed by atoms with Crippen LogP contribution in [0.1, 0.15) is 12.8 Å². The zero-order valence-electron chi connectivity index (χ0n) is 11.1. The van der Waals surface area contributed by atoms with E-state index in [2.05, 4.69) is 25.5 Å². The average Bonchev–Trinajstić information content (AvgIpc) is 2.38. The number of piperidine rings is 1. The number of aromatic nitrogens is 2. The summed E-state index contributed by atoms with van der Waals surface area (Å²) in [4.78, 5) is 20.8. The normalized spacial score (nSPS) is 20.0. The lowest BCUT2D eigenvalue weighted by atomic mass is 10.1. The minimum atomic E-state index is -0.458. The van der Waals surface area contributed by atoms with Crippen LogP contribution in [0, 0.1) is 10.1 Å². The van der Waals surface area contributed by atoms with E-state index in [0.717, 1.165) is 25.9 Å². The van der Waals surface area contributed by atoms with Gasteiger partial charge in [0.2, 0.25) is 11.6 Å². The Labute approximate surface area is 111 Å². The van der Waals surface area contributed by atoms with Gasteiger partial charge in [0, 0.05) is 19.6 Å². The van der Waals surface area contributed by atoms with Crippen LogP contribution in [0.3, 0.4) is 0 Å². The molecule has 1 aromatic heterocycles. The molecule has 1 aliphatic heterocycles. The van der Waals surface area contributed by atoms with E-state index in [0.29, 0.717) is 0 Å². The second-order valence-corrected chi connectivity index (χ2v) is 4.67. The lowest BCUT2D eigenvalue weighted by Crippen LogP contribution is -2.40. The standard InChI is InChI=1S/C11H18N6O2/c1-12-10-9(17(18)19)11(14-7-13-10)15-8-4-3-5-16(2)6-8/h7-8H,3-6H2,1-2H3,(H2,12,13,14,15). The molecule has 1 aliphatic rings. The molecule has 2 rings (SSSR count). The van der Waals surface area contributed by atoms with Crippen molar-refractivity contribution in [3.8, 4) is 0 Å². The molecule has 0 spiro atoms. The number of nitrogens with zero attached hydrogens (tertiary/aromatic N) is 4. The second kappa shape index (κ2) is 5.79. The van der Waals surface area contributed by atoms with E-state index in [9.17, 15) is 10.1 Å². The molecule has 19 heavy (non-hydrogen) atoms. The molecule has 1 aromatic rings. The van der Waals surface area contributed by atoms with Crippen LogP contribution in [0.15, 0.2) is 6.33 Å². The van der Waals surface area contributed by atoms with Gasteiger partial charge in [-0.1, -0.05) is 0 Å². The van der Waals surface area contributed by atoms with Crippen LogP contribution in [0.2, 0.25) is 0 Å². The van der Waals surface area contributed by atoms with Crippen molar-refractivity contribution in [3.05, 3.63) is 16.4 Å². The summed E-state index contributed by atoms with van der Waals surface area (Å²) in [5.41, 5.74) is -0.0989. The van der Waals surface area contributed by atoms with Crippen molar-refractivity contribution in [1.82, 2.24) is 14.9 Å². The Morgan fingerprint density at radius 2 is 2.21 bits per heavy atom. The summed E-state index contributed by atoms with van der Waals surface area (Å²) in [7, 11) is 3.65. The Morgan fingerprint density at radius 1 is 1.47 bits per heavy atom. The average molecular weight is 266 g/mol. The highest BCUT2D eigenvalue weighted by Crippen LogP contribution is 2.29. The van der Waals surface area contributed by atoms with Gasteiger partial charge in [-0.3, -0.25) is 10.1 Å². The smallest absolute Gasteiger partial charge is 0.353 e. The van der Waals surface area contributed by atoms with E-state index in [1.807, 2.05) is 7.05 Å². The summed E-state index contributed by atoms with van der Waals surface area (Å²) in [6.07, 6.45) is 3.39. The van der Waals surface area contributed by atoms with Crippen LogP contribution in [-0.4, -0.2) is 53.0 Å². The lowest BCUT2D eigenvalue weighted by Gasteiger charge is -2.30. The molecular formula is C11H18N6O2. The highest BCUT2D eigenvalue weighted by atomic mass is 16.6. The van der Waals surface area contributed by atoms with Gasteiger partial charge in [0.1, 0.15) is 6.33 Å². The minimum Gasteiger partial charge on any atom is -0.367 e. The van der Waals surface area contributed by atoms with Crippen LogP contribution in [-0.2, 0) is 0 Å². The fourth-order valence-corrected chi connectivity index (χ4v) is 2.32. The van der Waals surface area contributed by atoms with Gasteiger partial charge >= 0.3 is 5.69 Å². The van der Waals surface area contributed by atoms with E-state index in [-0.39, 0.29) is 23.4 Å². The highest BCUT2D eigenvalue weighted by molar-refractivity contribution is 5.69. The maximum atomic E-state index is 11.1. The molecule has 1 atom stereocenters. The first kappa shape index (κ1) is 13.5. The molecule has 0 aliphatic carbocycles. The van der Waals surface area contributed by atoms with Gasteiger partial charge in [0.05, 0.1) is 4.92 Å². The Hall–Kier alpha value is -1.96. The Balaban J connectivity index is 2.21. The fraction of sp³-hybridized carbons (Fsp3) is 0.636. The number of likely N-dealkylation sites (N-methyl/N-ethyl adjacent to an activating group) is 1. The summed E-state index contributed by atoms with van der Waals surface area (Å²) in [6, 6.07) is 0.178. The third-order valence-electron chi connectivity index (χ3n) is 3.21. The van der Waals surface area contributed by atoms with Crippen molar-refractivity contribution < 1.29 is 4.92 Å². The molecular weight excluding hydrogens is 248 g/mol.